The lowest BCUT2D eigenvalue weighted by molar-refractivity contribution is -0.143. The molecule has 16 heavy (non-hydrogen) atoms. The van der Waals surface area contributed by atoms with Crippen LogP contribution >= 0.6 is 11.3 Å². The van der Waals surface area contributed by atoms with Crippen molar-refractivity contribution in [1.29, 1.82) is 0 Å². The van der Waals surface area contributed by atoms with Crippen molar-refractivity contribution in [3.8, 4) is 0 Å². The molecule has 0 aliphatic carbocycles. The summed E-state index contributed by atoms with van der Waals surface area (Å²) in [4.78, 5) is 18.6. The van der Waals surface area contributed by atoms with Gasteiger partial charge < -0.3 is 5.11 Å². The second kappa shape index (κ2) is 4.93. The van der Waals surface area contributed by atoms with Crippen molar-refractivity contribution in [3.05, 3.63) is 16.1 Å². The minimum atomic E-state index is -0.662. The van der Waals surface area contributed by atoms with Gasteiger partial charge in [-0.05, 0) is 26.3 Å². The van der Waals surface area contributed by atoms with E-state index >= 15 is 0 Å². The minimum Gasteiger partial charge on any atom is -0.481 e. The van der Waals surface area contributed by atoms with E-state index in [2.05, 4.69) is 9.88 Å². The summed E-state index contributed by atoms with van der Waals surface area (Å²) >= 11 is 1.69. The van der Waals surface area contributed by atoms with Crippen molar-refractivity contribution < 1.29 is 9.90 Å². The molecule has 88 valence electrons. The number of nitrogens with zero attached hydrogens (tertiary/aromatic N) is 2. The van der Waals surface area contributed by atoms with Gasteiger partial charge in [0.05, 0.1) is 10.9 Å². The van der Waals surface area contributed by atoms with Gasteiger partial charge in [-0.15, -0.1) is 11.3 Å². The van der Waals surface area contributed by atoms with Crippen molar-refractivity contribution in [3.63, 3.8) is 0 Å². The zero-order chi connectivity index (χ0) is 11.5. The molecule has 1 unspecified atom stereocenters. The summed E-state index contributed by atoms with van der Waals surface area (Å²) in [7, 11) is 0. The van der Waals surface area contributed by atoms with Crippen LogP contribution in [0.1, 0.15) is 22.7 Å². The number of rotatable bonds is 3. The maximum Gasteiger partial charge on any atom is 0.307 e. The van der Waals surface area contributed by atoms with Gasteiger partial charge in [-0.3, -0.25) is 9.69 Å². The highest BCUT2D eigenvalue weighted by Gasteiger charge is 2.25. The number of carbonyl (C=O) groups is 1. The first-order chi connectivity index (χ1) is 7.65. The van der Waals surface area contributed by atoms with Gasteiger partial charge >= 0.3 is 5.97 Å². The van der Waals surface area contributed by atoms with E-state index in [0.717, 1.165) is 30.9 Å². The third-order valence-electron chi connectivity index (χ3n) is 2.90. The summed E-state index contributed by atoms with van der Waals surface area (Å²) in [6, 6.07) is 0. The molecule has 1 saturated heterocycles. The predicted molar refractivity (Wildman–Crippen MR) is 62.5 cm³/mol. The van der Waals surface area contributed by atoms with Gasteiger partial charge in [0.15, 0.2) is 0 Å². The number of carboxylic acid groups (broad SMARTS) is 1. The van der Waals surface area contributed by atoms with Crippen molar-refractivity contribution in [2.24, 2.45) is 5.92 Å². The van der Waals surface area contributed by atoms with Crippen LogP contribution in [0.15, 0.2) is 6.20 Å². The lowest BCUT2D eigenvalue weighted by Crippen LogP contribution is -2.37. The first-order valence-corrected chi connectivity index (χ1v) is 6.33. The van der Waals surface area contributed by atoms with Gasteiger partial charge in [0, 0.05) is 24.2 Å². The van der Waals surface area contributed by atoms with Gasteiger partial charge in [-0.2, -0.15) is 0 Å². The third-order valence-corrected chi connectivity index (χ3v) is 3.80. The first-order valence-electron chi connectivity index (χ1n) is 5.51. The van der Waals surface area contributed by atoms with Crippen LogP contribution < -0.4 is 0 Å². The number of piperidine rings is 1. The van der Waals surface area contributed by atoms with E-state index in [4.69, 9.17) is 5.11 Å². The molecule has 1 aromatic rings. The van der Waals surface area contributed by atoms with Crippen molar-refractivity contribution in [2.45, 2.75) is 26.3 Å². The van der Waals surface area contributed by atoms with Gasteiger partial charge in [-0.25, -0.2) is 4.98 Å². The summed E-state index contributed by atoms with van der Waals surface area (Å²) in [6.07, 6.45) is 3.69. The number of thiazole rings is 1. The molecule has 5 heteroatoms. The topological polar surface area (TPSA) is 53.4 Å². The van der Waals surface area contributed by atoms with Crippen LogP contribution in [-0.2, 0) is 11.3 Å². The molecule has 0 bridgehead atoms. The predicted octanol–water partition coefficient (Wildman–Crippen LogP) is 1.75. The Balaban J connectivity index is 1.92. The molecule has 2 rings (SSSR count). The molecule has 2 heterocycles. The van der Waals surface area contributed by atoms with Crippen LogP contribution in [0, 0.1) is 12.8 Å². The van der Waals surface area contributed by atoms with Crippen LogP contribution in [0.25, 0.3) is 0 Å². The molecule has 1 fully saturated rings. The van der Waals surface area contributed by atoms with Crippen LogP contribution in [0.4, 0.5) is 0 Å². The summed E-state index contributed by atoms with van der Waals surface area (Å²) < 4.78 is 0. The van der Waals surface area contributed by atoms with E-state index in [1.807, 2.05) is 13.1 Å². The van der Waals surface area contributed by atoms with Crippen LogP contribution in [0.2, 0.25) is 0 Å². The van der Waals surface area contributed by atoms with Crippen LogP contribution in [0.3, 0.4) is 0 Å². The Labute approximate surface area is 98.9 Å². The molecule has 0 aromatic carbocycles. The normalized spacial score (nSPS) is 22.2. The van der Waals surface area contributed by atoms with Crippen molar-refractivity contribution in [2.75, 3.05) is 13.1 Å². The molecule has 1 aliphatic heterocycles. The summed E-state index contributed by atoms with van der Waals surface area (Å²) in [6.45, 7) is 4.51. The Bertz CT molecular complexity index is 378. The Kier molecular flexibility index (Phi) is 3.56. The van der Waals surface area contributed by atoms with E-state index in [0.29, 0.717) is 6.54 Å². The monoisotopic (exact) mass is 240 g/mol. The average molecular weight is 240 g/mol. The molecule has 1 N–H and O–H groups in total. The zero-order valence-electron chi connectivity index (χ0n) is 9.35. The van der Waals surface area contributed by atoms with Crippen LogP contribution in [0.5, 0.6) is 0 Å². The number of carboxylic acids is 1. The van der Waals surface area contributed by atoms with Crippen LogP contribution in [-0.4, -0.2) is 34.0 Å². The Morgan fingerprint density at radius 3 is 3.19 bits per heavy atom. The number of aliphatic carboxylic acids is 1. The first kappa shape index (κ1) is 11.5. The second-order valence-corrected chi connectivity index (χ2v) is 5.58. The van der Waals surface area contributed by atoms with E-state index in [9.17, 15) is 4.79 Å². The number of hydrogen-bond acceptors (Lipinski definition) is 4. The summed E-state index contributed by atoms with van der Waals surface area (Å²) in [5, 5.41) is 10.1. The number of aryl methyl sites for hydroxylation is 1. The lowest BCUT2D eigenvalue weighted by atomic mass is 9.98. The van der Waals surface area contributed by atoms with Gasteiger partial charge in [-0.1, -0.05) is 0 Å². The number of likely N-dealkylation sites (tertiary alicyclic amines) is 1. The largest absolute Gasteiger partial charge is 0.481 e. The fourth-order valence-corrected chi connectivity index (χ4v) is 2.94. The standard InChI is InChI=1S/C11H16N2O2S/c1-8-12-5-10(16-8)7-13-4-2-3-9(6-13)11(14)15/h5,9H,2-4,6-7H2,1H3,(H,14,15). The number of hydrogen-bond donors (Lipinski definition) is 1. The molecule has 0 saturated carbocycles. The lowest BCUT2D eigenvalue weighted by Gasteiger charge is -2.29. The molecule has 0 radical (unpaired) electrons. The molecule has 0 spiro atoms. The van der Waals surface area contributed by atoms with E-state index in [-0.39, 0.29) is 5.92 Å². The highest BCUT2D eigenvalue weighted by molar-refractivity contribution is 7.11. The summed E-state index contributed by atoms with van der Waals surface area (Å²) in [5.41, 5.74) is 0. The fraction of sp³-hybridized carbons (Fsp3) is 0.636. The highest BCUT2D eigenvalue weighted by atomic mass is 32.1. The molecule has 1 aliphatic rings. The molecular formula is C11H16N2O2S. The minimum absolute atomic E-state index is 0.192. The van der Waals surface area contributed by atoms with Gasteiger partial charge in [0.1, 0.15) is 0 Å². The molecule has 4 nitrogen and oxygen atoms in total. The smallest absolute Gasteiger partial charge is 0.307 e. The van der Waals surface area contributed by atoms with Crippen molar-refractivity contribution in [1.82, 2.24) is 9.88 Å². The summed E-state index contributed by atoms with van der Waals surface area (Å²) in [5.74, 6) is -0.854. The molecule has 1 aromatic heterocycles. The zero-order valence-corrected chi connectivity index (χ0v) is 10.2. The molecule has 1 atom stereocenters. The fourth-order valence-electron chi connectivity index (χ4n) is 2.10. The maximum absolute atomic E-state index is 10.9. The van der Waals surface area contributed by atoms with E-state index in [1.54, 1.807) is 11.3 Å². The highest BCUT2D eigenvalue weighted by Crippen LogP contribution is 2.20. The molecular weight excluding hydrogens is 224 g/mol. The van der Waals surface area contributed by atoms with Gasteiger partial charge in [0.2, 0.25) is 0 Å². The third kappa shape index (κ3) is 2.80. The second-order valence-electron chi connectivity index (χ2n) is 4.26. The van der Waals surface area contributed by atoms with Gasteiger partial charge in [0.25, 0.3) is 0 Å². The Hall–Kier alpha value is -0.940. The molecule has 0 amide bonds. The van der Waals surface area contributed by atoms with Crippen molar-refractivity contribution >= 4 is 17.3 Å². The Morgan fingerprint density at radius 2 is 2.56 bits per heavy atom. The SMILES string of the molecule is Cc1ncc(CN2CCCC(C(=O)O)C2)s1. The van der Waals surface area contributed by atoms with E-state index in [1.165, 1.54) is 4.88 Å². The van der Waals surface area contributed by atoms with E-state index < -0.39 is 5.97 Å². The maximum atomic E-state index is 10.9. The number of aromatic nitrogens is 1. The quantitative estimate of drug-likeness (QED) is 0.874. The Morgan fingerprint density at radius 1 is 1.75 bits per heavy atom. The average Bonchev–Trinajstić information content (AvgIpc) is 2.64.